The van der Waals surface area contributed by atoms with Crippen LogP contribution in [0.1, 0.15) is 37.4 Å². The highest BCUT2D eigenvalue weighted by Gasteiger charge is 2.45. The number of hydrogen-bond acceptors (Lipinski definition) is 1. The third-order valence-electron chi connectivity index (χ3n) is 4.30. The van der Waals surface area contributed by atoms with E-state index in [-0.39, 0.29) is 17.4 Å². The topological polar surface area (TPSA) is 20.3 Å². The second-order valence-electron chi connectivity index (χ2n) is 6.43. The van der Waals surface area contributed by atoms with Crippen molar-refractivity contribution < 1.29 is 4.79 Å². The molecule has 1 aliphatic rings. The zero-order chi connectivity index (χ0) is 14.9. The average molecular weight is 279 g/mol. The van der Waals surface area contributed by atoms with Crippen molar-refractivity contribution in [1.29, 1.82) is 0 Å². The number of likely N-dealkylation sites (tertiary alicyclic amines) is 1. The number of rotatable bonds is 3. The predicted molar refractivity (Wildman–Crippen MR) is 84.6 cm³/mol. The van der Waals surface area contributed by atoms with Gasteiger partial charge < -0.3 is 4.90 Å². The number of carbonyl (C=O) groups excluding carboxylic acids is 1. The third-order valence-corrected chi connectivity index (χ3v) is 4.30. The first-order valence-corrected chi connectivity index (χ1v) is 7.48. The van der Waals surface area contributed by atoms with Crippen molar-refractivity contribution in [3.05, 3.63) is 71.8 Å². The minimum absolute atomic E-state index is 0.175. The van der Waals surface area contributed by atoms with Crippen LogP contribution in [0.2, 0.25) is 0 Å². The molecule has 0 radical (unpaired) electrons. The minimum atomic E-state index is -0.282. The zero-order valence-electron chi connectivity index (χ0n) is 12.6. The molecule has 1 fully saturated rings. The van der Waals surface area contributed by atoms with E-state index in [0.717, 1.165) is 6.42 Å². The van der Waals surface area contributed by atoms with Gasteiger partial charge in [-0.05, 0) is 17.5 Å². The van der Waals surface area contributed by atoms with Crippen molar-refractivity contribution in [2.24, 2.45) is 5.41 Å². The summed E-state index contributed by atoms with van der Waals surface area (Å²) in [7, 11) is 0. The molecule has 1 saturated heterocycles. The average Bonchev–Trinajstić information content (AvgIpc) is 2.73. The molecule has 0 aliphatic carbocycles. The fourth-order valence-corrected chi connectivity index (χ4v) is 3.15. The van der Waals surface area contributed by atoms with E-state index in [1.807, 2.05) is 41.3 Å². The second-order valence-corrected chi connectivity index (χ2v) is 6.43. The smallest absolute Gasteiger partial charge is 0.229 e. The van der Waals surface area contributed by atoms with E-state index in [0.29, 0.717) is 6.54 Å². The number of hydrogen-bond donors (Lipinski definition) is 0. The molecule has 3 rings (SSSR count). The van der Waals surface area contributed by atoms with E-state index < -0.39 is 0 Å². The van der Waals surface area contributed by atoms with Crippen molar-refractivity contribution in [3.63, 3.8) is 0 Å². The van der Waals surface area contributed by atoms with Gasteiger partial charge in [-0.2, -0.15) is 0 Å². The normalized spacial score (nSPS) is 20.8. The van der Waals surface area contributed by atoms with Crippen molar-refractivity contribution >= 4 is 5.91 Å². The van der Waals surface area contributed by atoms with Gasteiger partial charge in [-0.1, -0.05) is 74.5 Å². The van der Waals surface area contributed by atoms with Crippen LogP contribution in [0, 0.1) is 5.41 Å². The molecule has 108 valence electrons. The Bertz CT molecular complexity index is 619. The van der Waals surface area contributed by atoms with Gasteiger partial charge in [-0.3, -0.25) is 4.79 Å². The van der Waals surface area contributed by atoms with Crippen LogP contribution in [0.3, 0.4) is 0 Å². The highest BCUT2D eigenvalue weighted by molar-refractivity contribution is 5.84. The summed E-state index contributed by atoms with van der Waals surface area (Å²) in [4.78, 5) is 14.8. The molecule has 0 N–H and O–H groups in total. The standard InChI is InChI=1S/C19H21NO/c1-19(2)13-17(16-11-7-4-8-12-16)20(18(19)21)14-15-9-5-3-6-10-15/h3-12,17H,13-14H2,1-2H3. The summed E-state index contributed by atoms with van der Waals surface area (Å²) in [5, 5.41) is 0. The predicted octanol–water partition coefficient (Wildman–Crippen LogP) is 4.19. The van der Waals surface area contributed by atoms with E-state index in [1.54, 1.807) is 0 Å². The molecule has 0 bridgehead atoms. The van der Waals surface area contributed by atoms with Gasteiger partial charge in [0, 0.05) is 12.0 Å². The lowest BCUT2D eigenvalue weighted by Crippen LogP contribution is -2.31. The molecule has 1 unspecified atom stereocenters. The van der Waals surface area contributed by atoms with Crippen molar-refractivity contribution in [2.45, 2.75) is 32.9 Å². The van der Waals surface area contributed by atoms with E-state index in [4.69, 9.17) is 0 Å². The monoisotopic (exact) mass is 279 g/mol. The molecule has 2 aromatic carbocycles. The quantitative estimate of drug-likeness (QED) is 0.825. The fourth-order valence-electron chi connectivity index (χ4n) is 3.15. The van der Waals surface area contributed by atoms with Crippen LogP contribution in [0.5, 0.6) is 0 Å². The Morgan fingerprint density at radius 3 is 2.19 bits per heavy atom. The van der Waals surface area contributed by atoms with Crippen LogP contribution in [0.4, 0.5) is 0 Å². The van der Waals surface area contributed by atoms with E-state index in [1.165, 1.54) is 11.1 Å². The van der Waals surface area contributed by atoms with Gasteiger partial charge in [0.05, 0.1) is 6.04 Å². The van der Waals surface area contributed by atoms with Crippen molar-refractivity contribution in [3.8, 4) is 0 Å². The van der Waals surface area contributed by atoms with Crippen LogP contribution in [0.25, 0.3) is 0 Å². The number of amides is 1. The third kappa shape index (κ3) is 2.71. The molecule has 0 aromatic heterocycles. The highest BCUT2D eigenvalue weighted by Crippen LogP contribution is 2.44. The number of carbonyl (C=O) groups is 1. The Balaban J connectivity index is 1.92. The molecule has 2 heteroatoms. The maximum absolute atomic E-state index is 12.7. The molecule has 1 amide bonds. The molecule has 1 aliphatic heterocycles. The Labute approximate surface area is 126 Å². The second kappa shape index (κ2) is 5.36. The van der Waals surface area contributed by atoms with Gasteiger partial charge in [0.1, 0.15) is 0 Å². The first-order valence-electron chi connectivity index (χ1n) is 7.48. The van der Waals surface area contributed by atoms with E-state index in [9.17, 15) is 4.79 Å². The van der Waals surface area contributed by atoms with Gasteiger partial charge in [0.2, 0.25) is 5.91 Å². The Morgan fingerprint density at radius 1 is 1.00 bits per heavy atom. The summed E-state index contributed by atoms with van der Waals surface area (Å²) in [5.41, 5.74) is 2.13. The van der Waals surface area contributed by atoms with Crippen molar-refractivity contribution in [1.82, 2.24) is 4.90 Å². The minimum Gasteiger partial charge on any atom is -0.331 e. The summed E-state index contributed by atoms with van der Waals surface area (Å²) < 4.78 is 0. The molecule has 0 spiro atoms. The largest absolute Gasteiger partial charge is 0.331 e. The molecular formula is C19H21NO. The molecule has 1 heterocycles. The van der Waals surface area contributed by atoms with Gasteiger partial charge in [0.15, 0.2) is 0 Å². The molecule has 2 aromatic rings. The Hall–Kier alpha value is -2.09. The molecular weight excluding hydrogens is 258 g/mol. The van der Waals surface area contributed by atoms with Crippen LogP contribution >= 0.6 is 0 Å². The van der Waals surface area contributed by atoms with E-state index >= 15 is 0 Å². The van der Waals surface area contributed by atoms with Crippen LogP contribution in [-0.2, 0) is 11.3 Å². The SMILES string of the molecule is CC1(C)CC(c2ccccc2)N(Cc2ccccc2)C1=O. The fraction of sp³-hybridized carbons (Fsp3) is 0.316. The number of benzene rings is 2. The molecule has 0 saturated carbocycles. The van der Waals surface area contributed by atoms with E-state index in [2.05, 4.69) is 38.1 Å². The van der Waals surface area contributed by atoms with Crippen molar-refractivity contribution in [2.75, 3.05) is 0 Å². The summed E-state index contributed by atoms with van der Waals surface area (Å²) in [6, 6.07) is 20.8. The lowest BCUT2D eigenvalue weighted by atomic mass is 9.88. The van der Waals surface area contributed by atoms with Gasteiger partial charge >= 0.3 is 0 Å². The summed E-state index contributed by atoms with van der Waals surface area (Å²) in [5.74, 6) is 0.250. The first-order chi connectivity index (χ1) is 10.1. The lowest BCUT2D eigenvalue weighted by molar-refractivity contribution is -0.136. The molecule has 21 heavy (non-hydrogen) atoms. The molecule has 2 nitrogen and oxygen atoms in total. The first kappa shape index (κ1) is 13.9. The summed E-state index contributed by atoms with van der Waals surface area (Å²) in [6.07, 6.45) is 0.878. The number of nitrogens with zero attached hydrogens (tertiary/aromatic N) is 1. The maximum atomic E-state index is 12.7. The van der Waals surface area contributed by atoms with Crippen LogP contribution in [0.15, 0.2) is 60.7 Å². The van der Waals surface area contributed by atoms with Gasteiger partial charge in [-0.25, -0.2) is 0 Å². The lowest BCUT2D eigenvalue weighted by Gasteiger charge is -2.25. The Morgan fingerprint density at radius 2 is 1.57 bits per heavy atom. The van der Waals surface area contributed by atoms with Gasteiger partial charge in [-0.15, -0.1) is 0 Å². The molecule has 1 atom stereocenters. The Kier molecular flexibility index (Phi) is 3.54. The highest BCUT2D eigenvalue weighted by atomic mass is 16.2. The maximum Gasteiger partial charge on any atom is 0.229 e. The zero-order valence-corrected chi connectivity index (χ0v) is 12.6. The van der Waals surface area contributed by atoms with Crippen LogP contribution in [-0.4, -0.2) is 10.8 Å². The van der Waals surface area contributed by atoms with Crippen LogP contribution < -0.4 is 0 Å². The summed E-state index contributed by atoms with van der Waals surface area (Å²) >= 11 is 0. The summed E-state index contributed by atoms with van der Waals surface area (Å²) in [6.45, 7) is 4.79. The van der Waals surface area contributed by atoms with Gasteiger partial charge in [0.25, 0.3) is 0 Å².